The van der Waals surface area contributed by atoms with Gasteiger partial charge < -0.3 is 9.80 Å². The van der Waals surface area contributed by atoms with Gasteiger partial charge in [-0.2, -0.15) is 0 Å². The topological polar surface area (TPSA) is 6.48 Å². The van der Waals surface area contributed by atoms with Crippen molar-refractivity contribution in [2.45, 2.75) is 0 Å². The van der Waals surface area contributed by atoms with Gasteiger partial charge in [-0.3, -0.25) is 0 Å². The lowest BCUT2D eigenvalue weighted by Gasteiger charge is -2.29. The van der Waals surface area contributed by atoms with Gasteiger partial charge in [0.05, 0.1) is 0 Å². The highest BCUT2D eigenvalue weighted by molar-refractivity contribution is 6.06. The van der Waals surface area contributed by atoms with Gasteiger partial charge in [0.15, 0.2) is 0 Å². The number of nitrogens with zero attached hydrogens (tertiary/aromatic N) is 2. The second kappa shape index (κ2) is 18.1. The fourth-order valence-corrected chi connectivity index (χ4v) is 11.6. The summed E-state index contributed by atoms with van der Waals surface area (Å²) in [6, 6.07) is 107. The van der Waals surface area contributed by atoms with Crippen LogP contribution in [0.15, 0.2) is 291 Å². The number of hydrogen-bond donors (Lipinski definition) is 0. The third-order valence-electron chi connectivity index (χ3n) is 15.0. The Morgan fingerprint density at radius 2 is 0.324 bits per heavy atom. The van der Waals surface area contributed by atoms with Crippen LogP contribution in [-0.4, -0.2) is 0 Å². The summed E-state index contributed by atoms with van der Waals surface area (Å²) in [6.07, 6.45) is 0. The average Bonchev–Trinajstić information content (AvgIpc) is 3.48. The van der Waals surface area contributed by atoms with Crippen LogP contribution in [0.1, 0.15) is 0 Å². The number of hydrogen-bond acceptors (Lipinski definition) is 2. The van der Waals surface area contributed by atoms with E-state index in [-0.39, 0.29) is 0 Å². The minimum atomic E-state index is 1.09. The summed E-state index contributed by atoms with van der Waals surface area (Å²) in [4.78, 5) is 4.76. The maximum atomic E-state index is 2.39. The molecule has 74 heavy (non-hydrogen) atoms. The van der Waals surface area contributed by atoms with Crippen LogP contribution in [0.3, 0.4) is 0 Å². The molecule has 2 heteroatoms. The van der Waals surface area contributed by atoms with E-state index in [0.717, 1.165) is 45.3 Å². The molecule has 0 fully saturated rings. The molecule has 0 amide bonds. The third-order valence-corrected chi connectivity index (χ3v) is 15.0. The van der Waals surface area contributed by atoms with Gasteiger partial charge in [-0.05, 0) is 173 Å². The molecule has 14 rings (SSSR count). The van der Waals surface area contributed by atoms with Crippen molar-refractivity contribution in [2.75, 3.05) is 9.80 Å². The minimum Gasteiger partial charge on any atom is -0.310 e. The monoisotopic (exact) mass is 940 g/mol. The molecule has 0 heterocycles. The highest BCUT2D eigenvalue weighted by Gasteiger charge is 2.26. The highest BCUT2D eigenvalue weighted by atomic mass is 15.1. The van der Waals surface area contributed by atoms with Crippen molar-refractivity contribution in [1.82, 2.24) is 0 Å². The molecule has 0 bridgehead atoms. The first-order chi connectivity index (χ1) is 36.7. The number of rotatable bonds is 7. The molecule has 12 aromatic rings. The molecule has 2 nitrogen and oxygen atoms in total. The van der Waals surface area contributed by atoms with Gasteiger partial charge in [0.25, 0.3) is 0 Å². The van der Waals surface area contributed by atoms with Crippen molar-refractivity contribution in [3.63, 3.8) is 0 Å². The fraction of sp³-hybridized carbons (Fsp3) is 0. The van der Waals surface area contributed by atoms with Crippen LogP contribution in [0.2, 0.25) is 0 Å². The van der Waals surface area contributed by atoms with Crippen LogP contribution in [0.4, 0.5) is 34.1 Å². The van der Waals surface area contributed by atoms with E-state index in [1.54, 1.807) is 0 Å². The molecule has 0 atom stereocenters. The van der Waals surface area contributed by atoms with E-state index in [1.165, 1.54) is 89.0 Å². The summed E-state index contributed by atoms with van der Waals surface area (Å²) in [6.45, 7) is 0. The predicted molar refractivity (Wildman–Crippen MR) is 312 cm³/mol. The molecular weight excluding hydrogens is 893 g/mol. The summed E-state index contributed by atoms with van der Waals surface area (Å²) in [5.74, 6) is 0. The maximum absolute atomic E-state index is 2.39. The predicted octanol–water partition coefficient (Wildman–Crippen LogP) is 20.3. The summed E-state index contributed by atoms with van der Waals surface area (Å²) in [5, 5.41) is 0. The first-order valence-electron chi connectivity index (χ1n) is 25.5. The first kappa shape index (κ1) is 43.1. The zero-order chi connectivity index (χ0) is 49.0. The van der Waals surface area contributed by atoms with Crippen molar-refractivity contribution in [3.8, 4) is 100 Å². The average molecular weight is 941 g/mol. The van der Waals surface area contributed by atoms with Gasteiger partial charge in [0.1, 0.15) is 0 Å². The van der Waals surface area contributed by atoms with E-state index in [2.05, 4.69) is 301 Å². The standard InChI is InChI=1S/C72H48N2/c1-3-19-51(20-4-1)73(55-43-45-69-65-31-13-11-27-61(65)57-23-7-9-25-59(57)63-29-15-17-33-67(63)71(69)47-55)53-39-35-49(36-40-53)50-37-41-54(42-38-50)74(52-21-5-2-6-22-52)56-44-46-70-66-32-14-12-28-62(66)58-24-8-10-26-60(58)64-30-16-18-34-68(64)72(70)48-56/h1-48H. The van der Waals surface area contributed by atoms with E-state index < -0.39 is 0 Å². The van der Waals surface area contributed by atoms with E-state index in [1.807, 2.05) is 0 Å². The Balaban J connectivity index is 0.835. The minimum absolute atomic E-state index is 1.09. The van der Waals surface area contributed by atoms with Crippen molar-refractivity contribution in [3.05, 3.63) is 291 Å². The van der Waals surface area contributed by atoms with Crippen LogP contribution in [0, 0.1) is 0 Å². The van der Waals surface area contributed by atoms with Gasteiger partial charge in [-0.25, -0.2) is 0 Å². The summed E-state index contributed by atoms with van der Waals surface area (Å²) >= 11 is 0. The molecule has 0 saturated carbocycles. The number of benzene rings is 12. The molecule has 0 radical (unpaired) electrons. The zero-order valence-electron chi connectivity index (χ0n) is 40.6. The first-order valence-corrected chi connectivity index (χ1v) is 25.5. The molecule has 0 saturated heterocycles. The highest BCUT2D eigenvalue weighted by Crippen LogP contribution is 2.52. The van der Waals surface area contributed by atoms with Crippen molar-refractivity contribution < 1.29 is 0 Å². The third kappa shape index (κ3) is 7.35. The molecule has 12 aromatic carbocycles. The lowest BCUT2D eigenvalue weighted by Crippen LogP contribution is -2.10. The quantitative estimate of drug-likeness (QED) is 0.157. The Kier molecular flexibility index (Phi) is 10.6. The molecule has 0 aliphatic heterocycles. The number of fused-ring (bicyclic) bond motifs is 16. The largest absolute Gasteiger partial charge is 0.310 e. The fourth-order valence-electron chi connectivity index (χ4n) is 11.6. The normalized spacial score (nSPS) is 11.5. The van der Waals surface area contributed by atoms with Crippen LogP contribution >= 0.6 is 0 Å². The summed E-state index contributed by atoms with van der Waals surface area (Å²) in [5.41, 5.74) is 28.6. The molecule has 346 valence electrons. The summed E-state index contributed by atoms with van der Waals surface area (Å²) in [7, 11) is 0. The van der Waals surface area contributed by atoms with Crippen LogP contribution < -0.4 is 9.80 Å². The molecule has 0 N–H and O–H groups in total. The van der Waals surface area contributed by atoms with Gasteiger partial charge in [-0.15, -0.1) is 0 Å². The Labute approximate surface area is 433 Å². The Bertz CT molecular complexity index is 3780. The Morgan fingerprint density at radius 3 is 0.581 bits per heavy atom. The van der Waals surface area contributed by atoms with Gasteiger partial charge >= 0.3 is 0 Å². The smallest absolute Gasteiger partial charge is 0.0468 e. The van der Waals surface area contributed by atoms with Gasteiger partial charge in [-0.1, -0.05) is 218 Å². The molecule has 2 aliphatic rings. The molecule has 0 spiro atoms. The van der Waals surface area contributed by atoms with Gasteiger partial charge in [0, 0.05) is 34.1 Å². The maximum Gasteiger partial charge on any atom is 0.0468 e. The number of anilines is 6. The Hall–Kier alpha value is -9.76. The SMILES string of the molecule is c1ccc(N(c2ccc(-c3ccc(N(c4ccccc4)c4ccc5c(c4)-c4ccccc4-c4ccccc4-c4ccccc4-5)cc3)cc2)c2ccc3c(c2)-c2ccccc2-c2ccccc2-c2ccccc2-3)cc1. The van der Waals surface area contributed by atoms with E-state index in [0.29, 0.717) is 0 Å². The van der Waals surface area contributed by atoms with Crippen LogP contribution in [0.25, 0.3) is 100 Å². The zero-order valence-corrected chi connectivity index (χ0v) is 40.6. The molecule has 2 aliphatic carbocycles. The second-order valence-electron chi connectivity index (χ2n) is 19.2. The lowest BCUT2D eigenvalue weighted by atomic mass is 9.81. The van der Waals surface area contributed by atoms with Crippen LogP contribution in [0.5, 0.6) is 0 Å². The number of para-hydroxylation sites is 2. The molecule has 0 aromatic heterocycles. The van der Waals surface area contributed by atoms with Crippen molar-refractivity contribution in [2.24, 2.45) is 0 Å². The summed E-state index contributed by atoms with van der Waals surface area (Å²) < 4.78 is 0. The molecule has 0 unspecified atom stereocenters. The van der Waals surface area contributed by atoms with E-state index >= 15 is 0 Å². The lowest BCUT2D eigenvalue weighted by molar-refractivity contribution is 1.28. The second-order valence-corrected chi connectivity index (χ2v) is 19.2. The van der Waals surface area contributed by atoms with Gasteiger partial charge in [0.2, 0.25) is 0 Å². The van der Waals surface area contributed by atoms with E-state index in [9.17, 15) is 0 Å². The molecular formula is C72H48N2. The Morgan fingerprint density at radius 1 is 0.135 bits per heavy atom. The van der Waals surface area contributed by atoms with Crippen molar-refractivity contribution in [1.29, 1.82) is 0 Å². The van der Waals surface area contributed by atoms with Crippen molar-refractivity contribution >= 4 is 34.1 Å². The van der Waals surface area contributed by atoms with E-state index in [4.69, 9.17) is 0 Å². The van der Waals surface area contributed by atoms with Crippen LogP contribution in [-0.2, 0) is 0 Å².